The summed E-state index contributed by atoms with van der Waals surface area (Å²) in [5.74, 6) is 0.197. The topological polar surface area (TPSA) is 105 Å². The molecule has 0 spiro atoms. The Labute approximate surface area is 172 Å². The lowest BCUT2D eigenvalue weighted by atomic mass is 9.97. The average Bonchev–Trinajstić information content (AvgIpc) is 2.63. The fourth-order valence-corrected chi connectivity index (χ4v) is 3.82. The molecule has 0 aliphatic carbocycles. The highest BCUT2D eigenvalue weighted by Gasteiger charge is 2.21. The molecule has 0 N–H and O–H groups in total. The molecule has 0 aliphatic heterocycles. The van der Waals surface area contributed by atoms with Gasteiger partial charge in [-0.25, -0.2) is 4.79 Å². The van der Waals surface area contributed by atoms with Crippen molar-refractivity contribution in [1.82, 2.24) is 0 Å². The highest BCUT2D eigenvalue weighted by molar-refractivity contribution is 8.76. The van der Waals surface area contributed by atoms with Crippen LogP contribution in [0.25, 0.3) is 0 Å². The van der Waals surface area contributed by atoms with E-state index in [9.17, 15) is 19.7 Å². The Morgan fingerprint density at radius 3 is 2.25 bits per heavy atom. The molecule has 8 nitrogen and oxygen atoms in total. The Hall–Kier alpha value is -1.94. The summed E-state index contributed by atoms with van der Waals surface area (Å²) in [6.07, 6.45) is -0.0691. The molecular weight excluding hydrogens is 406 g/mol. The first-order chi connectivity index (χ1) is 13.3. The van der Waals surface area contributed by atoms with Gasteiger partial charge in [0.1, 0.15) is 13.2 Å². The van der Waals surface area contributed by atoms with Crippen molar-refractivity contribution < 1.29 is 29.0 Å². The van der Waals surface area contributed by atoms with Crippen LogP contribution in [-0.2, 0) is 25.5 Å². The first-order valence-corrected chi connectivity index (χ1v) is 11.3. The molecule has 0 aliphatic rings. The quantitative estimate of drug-likeness (QED) is 0.120. The van der Waals surface area contributed by atoms with Crippen LogP contribution in [0.3, 0.4) is 0 Å². The maximum atomic E-state index is 12.1. The summed E-state index contributed by atoms with van der Waals surface area (Å²) in [4.78, 5) is 37.8. The Kier molecular flexibility index (Phi) is 11.4. The van der Waals surface area contributed by atoms with E-state index in [1.807, 2.05) is 24.3 Å². The lowest BCUT2D eigenvalue weighted by Crippen LogP contribution is -2.19. The third kappa shape index (κ3) is 10.4. The second-order valence-electron chi connectivity index (χ2n) is 6.28. The SMILES string of the molecule is CC(C)Cc1ccc(C(C)C(=O)OC(=O)OCCSSCCO[N+](=O)[O-])cc1. The second kappa shape index (κ2) is 13.3. The van der Waals surface area contributed by atoms with Crippen molar-refractivity contribution in [2.45, 2.75) is 33.1 Å². The predicted octanol–water partition coefficient (Wildman–Crippen LogP) is 4.26. The number of esters is 1. The van der Waals surface area contributed by atoms with Crippen molar-refractivity contribution in [3.63, 3.8) is 0 Å². The average molecular weight is 432 g/mol. The first kappa shape index (κ1) is 24.1. The normalized spacial score (nSPS) is 11.7. The Balaban J connectivity index is 2.24. The van der Waals surface area contributed by atoms with Crippen LogP contribution < -0.4 is 0 Å². The van der Waals surface area contributed by atoms with Crippen LogP contribution in [0.15, 0.2) is 24.3 Å². The summed E-state index contributed by atoms with van der Waals surface area (Å²) in [5, 5.41) is 9.11. The van der Waals surface area contributed by atoms with Crippen LogP contribution in [0.2, 0.25) is 0 Å². The molecule has 0 bridgehead atoms. The third-order valence-electron chi connectivity index (χ3n) is 3.49. The number of carbonyl (C=O) groups excluding carboxylic acids is 2. The molecule has 0 amide bonds. The highest BCUT2D eigenvalue weighted by atomic mass is 33.1. The van der Waals surface area contributed by atoms with Crippen molar-refractivity contribution >= 4 is 33.7 Å². The van der Waals surface area contributed by atoms with E-state index in [0.29, 0.717) is 17.4 Å². The molecule has 10 heteroatoms. The molecule has 0 radical (unpaired) electrons. The number of benzene rings is 1. The van der Waals surface area contributed by atoms with E-state index in [1.54, 1.807) is 6.92 Å². The fourth-order valence-electron chi connectivity index (χ4n) is 2.17. The minimum absolute atomic E-state index is 0.00158. The van der Waals surface area contributed by atoms with E-state index < -0.39 is 23.1 Å². The lowest BCUT2D eigenvalue weighted by Gasteiger charge is -2.12. The molecular formula is C18H25NO7S2. The summed E-state index contributed by atoms with van der Waals surface area (Å²) in [6.45, 7) is 6.02. The Morgan fingerprint density at radius 2 is 1.68 bits per heavy atom. The van der Waals surface area contributed by atoms with Crippen LogP contribution in [-0.4, -0.2) is 41.9 Å². The van der Waals surface area contributed by atoms with Gasteiger partial charge in [0.15, 0.2) is 0 Å². The molecule has 1 atom stereocenters. The predicted molar refractivity (Wildman–Crippen MR) is 109 cm³/mol. The zero-order chi connectivity index (χ0) is 20.9. The minimum Gasteiger partial charge on any atom is -0.433 e. The summed E-state index contributed by atoms with van der Waals surface area (Å²) < 4.78 is 9.57. The minimum atomic E-state index is -1.03. The van der Waals surface area contributed by atoms with Crippen LogP contribution in [0, 0.1) is 16.0 Å². The van der Waals surface area contributed by atoms with E-state index in [-0.39, 0.29) is 13.2 Å². The van der Waals surface area contributed by atoms with Crippen LogP contribution in [0.4, 0.5) is 4.79 Å². The standard InChI is InChI=1S/C18H25NO7S2/c1-13(2)12-15-4-6-16(7-5-15)14(3)17(20)26-18(21)24-8-10-27-28-11-9-25-19(22)23/h4-7,13-14H,8-12H2,1-3H3. The van der Waals surface area contributed by atoms with Crippen LogP contribution >= 0.6 is 21.6 Å². The van der Waals surface area contributed by atoms with Gasteiger partial charge in [0.2, 0.25) is 0 Å². The van der Waals surface area contributed by atoms with Crippen molar-refractivity contribution in [2.75, 3.05) is 24.7 Å². The van der Waals surface area contributed by atoms with E-state index in [1.165, 1.54) is 27.2 Å². The van der Waals surface area contributed by atoms with Gasteiger partial charge in [-0.1, -0.05) is 59.7 Å². The number of hydrogen-bond acceptors (Lipinski definition) is 9. The molecule has 1 aromatic rings. The number of rotatable bonds is 12. The van der Waals surface area contributed by atoms with Gasteiger partial charge in [-0.15, -0.1) is 10.1 Å². The van der Waals surface area contributed by atoms with Gasteiger partial charge in [0.05, 0.1) is 5.92 Å². The number of nitrogens with zero attached hydrogens (tertiary/aromatic N) is 1. The van der Waals surface area contributed by atoms with Crippen molar-refractivity contribution in [3.05, 3.63) is 45.5 Å². The Bertz CT molecular complexity index is 637. The molecule has 1 aromatic carbocycles. The van der Waals surface area contributed by atoms with Gasteiger partial charge in [-0.2, -0.15) is 0 Å². The van der Waals surface area contributed by atoms with E-state index in [4.69, 9.17) is 9.47 Å². The van der Waals surface area contributed by atoms with Gasteiger partial charge in [-0.05, 0) is 30.4 Å². The van der Waals surface area contributed by atoms with Gasteiger partial charge >= 0.3 is 12.1 Å². The number of ether oxygens (including phenoxy) is 2. The van der Waals surface area contributed by atoms with Gasteiger partial charge in [0.25, 0.3) is 5.09 Å². The summed E-state index contributed by atoms with van der Waals surface area (Å²) in [6, 6.07) is 7.68. The van der Waals surface area contributed by atoms with Gasteiger partial charge < -0.3 is 14.3 Å². The summed E-state index contributed by atoms with van der Waals surface area (Å²) in [7, 11) is 2.73. The third-order valence-corrected chi connectivity index (χ3v) is 5.83. The molecule has 1 unspecified atom stereocenters. The summed E-state index contributed by atoms with van der Waals surface area (Å²) in [5.41, 5.74) is 1.97. The summed E-state index contributed by atoms with van der Waals surface area (Å²) >= 11 is 0. The number of carbonyl (C=O) groups is 2. The molecule has 0 heterocycles. The molecule has 0 aromatic heterocycles. The molecule has 0 saturated carbocycles. The molecule has 0 saturated heterocycles. The van der Waals surface area contributed by atoms with Gasteiger partial charge in [0, 0.05) is 11.5 Å². The zero-order valence-corrected chi connectivity index (χ0v) is 17.8. The van der Waals surface area contributed by atoms with Crippen LogP contribution in [0.1, 0.15) is 37.8 Å². The monoisotopic (exact) mass is 431 g/mol. The Morgan fingerprint density at radius 1 is 1.07 bits per heavy atom. The maximum absolute atomic E-state index is 12.1. The highest BCUT2D eigenvalue weighted by Crippen LogP contribution is 2.21. The van der Waals surface area contributed by atoms with Crippen molar-refractivity contribution in [2.24, 2.45) is 5.92 Å². The van der Waals surface area contributed by atoms with E-state index in [0.717, 1.165) is 12.0 Å². The van der Waals surface area contributed by atoms with Crippen molar-refractivity contribution in [3.8, 4) is 0 Å². The zero-order valence-electron chi connectivity index (χ0n) is 16.1. The smallest absolute Gasteiger partial charge is 0.433 e. The van der Waals surface area contributed by atoms with E-state index in [2.05, 4.69) is 18.7 Å². The molecule has 0 fully saturated rings. The molecule has 1 rings (SSSR count). The molecule has 28 heavy (non-hydrogen) atoms. The fraction of sp³-hybridized carbons (Fsp3) is 0.556. The lowest BCUT2D eigenvalue weighted by molar-refractivity contribution is -0.756. The van der Waals surface area contributed by atoms with Crippen LogP contribution in [0.5, 0.6) is 0 Å². The van der Waals surface area contributed by atoms with Crippen molar-refractivity contribution in [1.29, 1.82) is 0 Å². The molecule has 156 valence electrons. The largest absolute Gasteiger partial charge is 0.516 e. The first-order valence-electron chi connectivity index (χ1n) is 8.78. The van der Waals surface area contributed by atoms with E-state index >= 15 is 0 Å². The second-order valence-corrected chi connectivity index (χ2v) is 8.98. The number of hydrogen-bond donors (Lipinski definition) is 0. The van der Waals surface area contributed by atoms with Gasteiger partial charge in [-0.3, -0.25) is 4.79 Å². The maximum Gasteiger partial charge on any atom is 0.516 e.